The molecule has 0 fully saturated rings. The van der Waals surface area contributed by atoms with Gasteiger partial charge in [0.1, 0.15) is 12.4 Å². The fraction of sp³-hybridized carbons (Fsp3) is 0.211. The first-order valence-electron chi connectivity index (χ1n) is 7.55. The molecule has 0 heterocycles. The summed E-state index contributed by atoms with van der Waals surface area (Å²) in [5, 5.41) is 12.9. The summed E-state index contributed by atoms with van der Waals surface area (Å²) in [6.45, 7) is 4.42. The quantitative estimate of drug-likeness (QED) is 0.737. The number of nitrogens with one attached hydrogen (secondary N) is 1. The first-order valence-corrected chi connectivity index (χ1v) is 7.55. The zero-order chi connectivity index (χ0) is 16.5. The monoisotopic (exact) mass is 311 g/mol. The molecule has 0 aliphatic carbocycles. The summed E-state index contributed by atoms with van der Waals surface area (Å²) < 4.78 is 5.37. The molecule has 0 saturated carbocycles. The molecule has 23 heavy (non-hydrogen) atoms. The Kier molecular flexibility index (Phi) is 6.39. The molecule has 1 unspecified atom stereocenters. The smallest absolute Gasteiger partial charge is 0.251 e. The van der Waals surface area contributed by atoms with Crippen LogP contribution in [0.3, 0.4) is 0 Å². The lowest BCUT2D eigenvalue weighted by Crippen LogP contribution is -2.25. The third kappa shape index (κ3) is 5.27. The molecule has 0 spiro atoms. The summed E-state index contributed by atoms with van der Waals surface area (Å²) in [7, 11) is 0. The van der Waals surface area contributed by atoms with Crippen molar-refractivity contribution >= 4 is 5.91 Å². The van der Waals surface area contributed by atoms with Crippen molar-refractivity contribution in [2.75, 3.05) is 13.2 Å². The van der Waals surface area contributed by atoms with Crippen LogP contribution in [0.5, 0.6) is 5.75 Å². The van der Waals surface area contributed by atoms with Gasteiger partial charge in [0.25, 0.3) is 5.91 Å². The van der Waals surface area contributed by atoms with Gasteiger partial charge >= 0.3 is 0 Å². The molecule has 0 radical (unpaired) electrons. The number of rotatable bonds is 8. The summed E-state index contributed by atoms with van der Waals surface area (Å²) >= 11 is 0. The van der Waals surface area contributed by atoms with Gasteiger partial charge in [-0.05, 0) is 36.2 Å². The zero-order valence-corrected chi connectivity index (χ0v) is 12.9. The summed E-state index contributed by atoms with van der Waals surface area (Å²) in [6, 6.07) is 16.3. The van der Waals surface area contributed by atoms with E-state index < -0.39 is 6.10 Å². The van der Waals surface area contributed by atoms with E-state index in [2.05, 4.69) is 11.9 Å². The maximum absolute atomic E-state index is 12.0. The number of hydrogen-bond donors (Lipinski definition) is 2. The van der Waals surface area contributed by atoms with Gasteiger partial charge < -0.3 is 15.2 Å². The van der Waals surface area contributed by atoms with Crippen molar-refractivity contribution in [1.29, 1.82) is 0 Å². The predicted octanol–water partition coefficient (Wildman–Crippen LogP) is 3.10. The summed E-state index contributed by atoms with van der Waals surface area (Å²) in [4.78, 5) is 12.0. The van der Waals surface area contributed by atoms with E-state index in [1.165, 1.54) is 0 Å². The third-order valence-electron chi connectivity index (χ3n) is 3.37. The minimum atomic E-state index is -0.578. The number of ether oxygens (including phenoxy) is 1. The molecule has 1 atom stereocenters. The third-order valence-corrected chi connectivity index (χ3v) is 3.37. The van der Waals surface area contributed by atoms with Crippen molar-refractivity contribution < 1.29 is 14.6 Å². The molecular formula is C19H21NO3. The number of amides is 1. The van der Waals surface area contributed by atoms with Gasteiger partial charge in [0.15, 0.2) is 0 Å². The van der Waals surface area contributed by atoms with Crippen LogP contribution in [0.15, 0.2) is 67.3 Å². The fourth-order valence-electron chi connectivity index (χ4n) is 2.12. The second-order valence-electron chi connectivity index (χ2n) is 5.10. The second kappa shape index (κ2) is 8.76. The lowest BCUT2D eigenvalue weighted by atomic mass is 10.1. The van der Waals surface area contributed by atoms with E-state index in [0.717, 1.165) is 5.56 Å². The Bertz CT molecular complexity index is 623. The molecule has 0 aromatic heterocycles. The fourth-order valence-corrected chi connectivity index (χ4v) is 2.12. The summed E-state index contributed by atoms with van der Waals surface area (Å²) in [5.74, 6) is 0.529. The molecule has 0 saturated heterocycles. The van der Waals surface area contributed by atoms with Gasteiger partial charge in [-0.15, -0.1) is 0 Å². The molecule has 2 aromatic rings. The maximum Gasteiger partial charge on any atom is 0.251 e. The van der Waals surface area contributed by atoms with E-state index in [-0.39, 0.29) is 5.91 Å². The average molecular weight is 311 g/mol. The highest BCUT2D eigenvalue weighted by Gasteiger charge is 2.09. The second-order valence-corrected chi connectivity index (χ2v) is 5.10. The molecule has 0 bridgehead atoms. The Balaban J connectivity index is 1.79. The molecular weight excluding hydrogens is 290 g/mol. The number of benzene rings is 2. The van der Waals surface area contributed by atoms with Gasteiger partial charge in [-0.2, -0.15) is 0 Å². The Morgan fingerprint density at radius 2 is 1.87 bits per heavy atom. The normalized spacial score (nSPS) is 11.5. The summed E-state index contributed by atoms with van der Waals surface area (Å²) in [6.07, 6.45) is 1.56. The molecule has 120 valence electrons. The number of aliphatic hydroxyl groups excluding tert-OH is 1. The van der Waals surface area contributed by atoms with Gasteiger partial charge in [-0.25, -0.2) is 0 Å². The van der Waals surface area contributed by atoms with E-state index in [0.29, 0.717) is 30.9 Å². The van der Waals surface area contributed by atoms with Crippen LogP contribution in [0.25, 0.3) is 0 Å². The predicted molar refractivity (Wildman–Crippen MR) is 90.5 cm³/mol. The minimum absolute atomic E-state index is 0.166. The largest absolute Gasteiger partial charge is 0.490 e. The van der Waals surface area contributed by atoms with Gasteiger partial charge in [-0.3, -0.25) is 4.79 Å². The Hall–Kier alpha value is -2.59. The Morgan fingerprint density at radius 3 is 2.52 bits per heavy atom. The van der Waals surface area contributed by atoms with Crippen LogP contribution in [0.1, 0.15) is 28.4 Å². The van der Waals surface area contributed by atoms with Crippen molar-refractivity contribution in [2.24, 2.45) is 0 Å². The van der Waals surface area contributed by atoms with Crippen LogP contribution in [-0.2, 0) is 0 Å². The van der Waals surface area contributed by atoms with Crippen molar-refractivity contribution in [2.45, 2.75) is 12.5 Å². The number of carbonyl (C=O) groups excluding carboxylic acids is 1. The molecule has 2 aromatic carbocycles. The van der Waals surface area contributed by atoms with Gasteiger partial charge in [0.05, 0.1) is 6.10 Å². The molecule has 2 N–H and O–H groups in total. The highest BCUT2D eigenvalue weighted by molar-refractivity contribution is 5.94. The molecule has 4 nitrogen and oxygen atoms in total. The SMILES string of the molecule is C=CCOc1ccc(C(=O)NCCC(O)c2ccccc2)cc1. The topological polar surface area (TPSA) is 58.6 Å². The van der Waals surface area contributed by atoms with E-state index in [1.807, 2.05) is 30.3 Å². The van der Waals surface area contributed by atoms with Crippen molar-refractivity contribution in [3.8, 4) is 5.75 Å². The van der Waals surface area contributed by atoms with E-state index >= 15 is 0 Å². The summed E-state index contributed by atoms with van der Waals surface area (Å²) in [5.41, 5.74) is 1.41. The zero-order valence-electron chi connectivity index (χ0n) is 12.9. The van der Waals surface area contributed by atoms with Gasteiger partial charge in [-0.1, -0.05) is 43.0 Å². The van der Waals surface area contributed by atoms with Gasteiger partial charge in [0, 0.05) is 12.1 Å². The van der Waals surface area contributed by atoms with Crippen LogP contribution >= 0.6 is 0 Å². The van der Waals surface area contributed by atoms with Crippen molar-refractivity contribution in [3.63, 3.8) is 0 Å². The van der Waals surface area contributed by atoms with Crippen LogP contribution in [-0.4, -0.2) is 24.2 Å². The Morgan fingerprint density at radius 1 is 1.17 bits per heavy atom. The van der Waals surface area contributed by atoms with Crippen LogP contribution in [0, 0.1) is 0 Å². The molecule has 0 aliphatic heterocycles. The van der Waals surface area contributed by atoms with E-state index in [9.17, 15) is 9.90 Å². The maximum atomic E-state index is 12.0. The average Bonchev–Trinajstić information content (AvgIpc) is 2.61. The van der Waals surface area contributed by atoms with Crippen LogP contribution in [0.2, 0.25) is 0 Å². The van der Waals surface area contributed by atoms with Crippen molar-refractivity contribution in [3.05, 3.63) is 78.4 Å². The lowest BCUT2D eigenvalue weighted by molar-refractivity contribution is 0.0942. The highest BCUT2D eigenvalue weighted by atomic mass is 16.5. The first kappa shape index (κ1) is 16.8. The van der Waals surface area contributed by atoms with Gasteiger partial charge in [0.2, 0.25) is 0 Å². The minimum Gasteiger partial charge on any atom is -0.490 e. The van der Waals surface area contributed by atoms with Crippen molar-refractivity contribution in [1.82, 2.24) is 5.32 Å². The standard InChI is InChI=1S/C19H21NO3/c1-2-14-23-17-10-8-16(9-11-17)19(22)20-13-12-18(21)15-6-4-3-5-7-15/h2-11,18,21H,1,12-14H2,(H,20,22). The molecule has 4 heteroatoms. The number of hydrogen-bond acceptors (Lipinski definition) is 3. The molecule has 1 amide bonds. The van der Waals surface area contributed by atoms with Crippen LogP contribution in [0.4, 0.5) is 0 Å². The molecule has 2 rings (SSSR count). The number of aliphatic hydroxyl groups is 1. The first-order chi connectivity index (χ1) is 11.2. The molecule has 0 aliphatic rings. The lowest BCUT2D eigenvalue weighted by Gasteiger charge is -2.11. The van der Waals surface area contributed by atoms with E-state index in [1.54, 1.807) is 30.3 Å². The Labute approximate surface area is 136 Å². The number of carbonyl (C=O) groups is 1. The van der Waals surface area contributed by atoms with Crippen LogP contribution < -0.4 is 10.1 Å². The van der Waals surface area contributed by atoms with E-state index in [4.69, 9.17) is 4.74 Å². The highest BCUT2D eigenvalue weighted by Crippen LogP contribution is 2.15.